The molecule has 0 saturated carbocycles. The molecule has 20 nitrogen and oxygen atoms in total. The number of likely N-dealkylation sites (N-methyl/N-ethyl adjacent to an activating group) is 1. The number of anilines is 1. The highest BCUT2D eigenvalue weighted by molar-refractivity contribution is 6.12. The van der Waals surface area contributed by atoms with Crippen LogP contribution >= 0.6 is 0 Å². The highest BCUT2D eigenvalue weighted by atomic mass is 16.5. The fourth-order valence-corrected chi connectivity index (χ4v) is 6.04. The summed E-state index contributed by atoms with van der Waals surface area (Å²) in [5.74, 6) is -3.35. The number of benzene rings is 1. The molecule has 0 spiro atoms. The Balaban J connectivity index is 1.40. The van der Waals surface area contributed by atoms with E-state index in [1.807, 2.05) is 7.05 Å². The first-order valence-corrected chi connectivity index (χ1v) is 19.8. The van der Waals surface area contributed by atoms with Gasteiger partial charge in [0.2, 0.25) is 23.6 Å². The van der Waals surface area contributed by atoms with E-state index in [0.717, 1.165) is 4.90 Å². The van der Waals surface area contributed by atoms with Crippen molar-refractivity contribution in [2.75, 3.05) is 84.6 Å². The number of aliphatic hydroxyl groups excluding tert-OH is 1. The summed E-state index contributed by atoms with van der Waals surface area (Å²) in [5.41, 5.74) is 5.88. The third-order valence-corrected chi connectivity index (χ3v) is 9.51. The summed E-state index contributed by atoms with van der Waals surface area (Å²) < 4.78 is 10.9. The second-order valence-electron chi connectivity index (χ2n) is 14.5. The maximum Gasteiger partial charge on any atom is 0.312 e. The number of hydrogen-bond acceptors (Lipinski definition) is 12. The summed E-state index contributed by atoms with van der Waals surface area (Å²) in [6.45, 7) is 7.19. The fourth-order valence-electron chi connectivity index (χ4n) is 6.04. The molecule has 1 saturated heterocycles. The standard InChI is InChI=1S/C39H59N9O11/c1-26(2)34(45-31(50)14-22-58-24-25-59-23-16-41-30(49)7-5-17-48-32(51)12-13-33(48)52)37(55)44-29(6-4-15-42-39(40)57)36(54)43-28-10-8-27(9-11-28)35(53)38(56)47-20-18-46(3)19-21-47/h8-13,26,29,34-35,53H,4-7,14-25H2,1-3H3,(H,41,49)(H,43,54)(H,44,55)(H,45,50)(H3,40,42,57)/t29-,34?,35?/m0/s1. The molecule has 59 heavy (non-hydrogen) atoms. The van der Waals surface area contributed by atoms with Gasteiger partial charge in [0, 0.05) is 76.5 Å². The van der Waals surface area contributed by atoms with Crippen molar-refractivity contribution in [3.63, 3.8) is 0 Å². The van der Waals surface area contributed by atoms with Crippen molar-refractivity contribution in [3.05, 3.63) is 42.0 Å². The number of imide groups is 1. The second kappa shape index (κ2) is 25.1. The van der Waals surface area contributed by atoms with E-state index in [1.165, 1.54) is 24.3 Å². The van der Waals surface area contributed by atoms with E-state index >= 15 is 0 Å². The summed E-state index contributed by atoms with van der Waals surface area (Å²) in [7, 11) is 1.97. The van der Waals surface area contributed by atoms with E-state index in [4.69, 9.17) is 15.2 Å². The van der Waals surface area contributed by atoms with Crippen molar-refractivity contribution in [2.24, 2.45) is 11.7 Å². The molecule has 2 aliphatic rings. The lowest BCUT2D eigenvalue weighted by molar-refractivity contribution is -0.142. The van der Waals surface area contributed by atoms with E-state index in [2.05, 4.69) is 31.5 Å². The number of nitrogens with two attached hydrogens (primary N) is 1. The molecule has 1 aromatic rings. The van der Waals surface area contributed by atoms with Crippen LogP contribution in [0.3, 0.4) is 0 Å². The third-order valence-electron chi connectivity index (χ3n) is 9.51. The quantitative estimate of drug-likeness (QED) is 0.0450. The molecule has 0 aromatic heterocycles. The molecule has 2 aliphatic heterocycles. The summed E-state index contributed by atoms with van der Waals surface area (Å²) >= 11 is 0. The van der Waals surface area contributed by atoms with Crippen LogP contribution in [-0.2, 0) is 43.0 Å². The summed E-state index contributed by atoms with van der Waals surface area (Å²) in [5, 5.41) is 24.0. The molecular formula is C39H59N9O11. The lowest BCUT2D eigenvalue weighted by atomic mass is 10.0. The second-order valence-corrected chi connectivity index (χ2v) is 14.5. The number of rotatable bonds is 25. The van der Waals surface area contributed by atoms with Gasteiger partial charge < -0.3 is 56.7 Å². The third kappa shape index (κ3) is 17.1. The normalized spacial score (nSPS) is 15.7. The van der Waals surface area contributed by atoms with Gasteiger partial charge in [-0.05, 0) is 49.9 Å². The molecule has 8 N–H and O–H groups in total. The van der Waals surface area contributed by atoms with Crippen LogP contribution in [0.5, 0.6) is 0 Å². The Morgan fingerprint density at radius 3 is 2.05 bits per heavy atom. The van der Waals surface area contributed by atoms with Gasteiger partial charge in [0.25, 0.3) is 17.7 Å². The number of aliphatic hydroxyl groups is 1. The van der Waals surface area contributed by atoms with E-state index in [9.17, 15) is 43.5 Å². The van der Waals surface area contributed by atoms with E-state index in [-0.39, 0.29) is 89.0 Å². The predicted molar refractivity (Wildman–Crippen MR) is 214 cm³/mol. The highest BCUT2D eigenvalue weighted by Gasteiger charge is 2.30. The van der Waals surface area contributed by atoms with Crippen LogP contribution in [0.15, 0.2) is 36.4 Å². The van der Waals surface area contributed by atoms with Gasteiger partial charge in [-0.25, -0.2) is 4.79 Å². The molecule has 1 aromatic carbocycles. The van der Waals surface area contributed by atoms with E-state index in [1.54, 1.807) is 30.9 Å². The Bertz CT molecular complexity index is 1610. The number of nitrogens with one attached hydrogen (secondary N) is 5. The Morgan fingerprint density at radius 2 is 1.42 bits per heavy atom. The number of carbonyl (C=O) groups is 8. The first kappa shape index (κ1) is 47.9. The van der Waals surface area contributed by atoms with Crippen LogP contribution < -0.4 is 32.3 Å². The maximum atomic E-state index is 13.5. The van der Waals surface area contributed by atoms with Crippen molar-refractivity contribution in [2.45, 2.75) is 64.1 Å². The molecule has 3 atom stereocenters. The maximum absolute atomic E-state index is 13.5. The lowest BCUT2D eigenvalue weighted by Crippen LogP contribution is -2.54. The molecule has 2 heterocycles. The number of carbonyl (C=O) groups excluding carboxylic acids is 8. The molecule has 3 rings (SSSR count). The van der Waals surface area contributed by atoms with Crippen LogP contribution in [0.2, 0.25) is 0 Å². The first-order valence-electron chi connectivity index (χ1n) is 19.8. The van der Waals surface area contributed by atoms with Crippen LogP contribution in [0, 0.1) is 5.92 Å². The molecule has 326 valence electrons. The summed E-state index contributed by atoms with van der Waals surface area (Å²) in [6.07, 6.45) is 1.90. The van der Waals surface area contributed by atoms with Crippen molar-refractivity contribution in [3.8, 4) is 0 Å². The fraction of sp³-hybridized carbons (Fsp3) is 0.590. The first-order chi connectivity index (χ1) is 28.2. The monoisotopic (exact) mass is 829 g/mol. The zero-order valence-electron chi connectivity index (χ0n) is 34.0. The molecular weight excluding hydrogens is 770 g/mol. The number of ether oxygens (including phenoxy) is 2. The van der Waals surface area contributed by atoms with Gasteiger partial charge >= 0.3 is 6.03 Å². The smallest absolute Gasteiger partial charge is 0.312 e. The van der Waals surface area contributed by atoms with Gasteiger partial charge in [0.15, 0.2) is 6.10 Å². The van der Waals surface area contributed by atoms with Crippen LogP contribution in [0.4, 0.5) is 10.5 Å². The minimum atomic E-state index is -1.36. The van der Waals surface area contributed by atoms with Crippen LogP contribution in [-0.4, -0.2) is 159 Å². The largest absolute Gasteiger partial charge is 0.379 e. The van der Waals surface area contributed by atoms with Crippen molar-refractivity contribution >= 4 is 53.1 Å². The Kier molecular flexibility index (Phi) is 20.4. The van der Waals surface area contributed by atoms with Crippen LogP contribution in [0.25, 0.3) is 0 Å². The zero-order chi connectivity index (χ0) is 43.3. The molecule has 20 heteroatoms. The highest BCUT2D eigenvalue weighted by Crippen LogP contribution is 2.20. The SMILES string of the molecule is CC(C)C(NC(=O)CCOCCOCCNC(=O)CCCN1C(=O)C=CC1=O)C(=O)N[C@@H](CCCNC(N)=O)C(=O)Nc1ccc(C(O)C(=O)N2CCN(C)CC2)cc1. The number of amides is 9. The van der Waals surface area contributed by atoms with Gasteiger partial charge in [0.05, 0.1) is 26.4 Å². The summed E-state index contributed by atoms with van der Waals surface area (Å²) in [6, 6.07) is 3.39. The molecule has 0 radical (unpaired) electrons. The number of piperazine rings is 1. The zero-order valence-corrected chi connectivity index (χ0v) is 34.0. The average Bonchev–Trinajstić information content (AvgIpc) is 3.52. The van der Waals surface area contributed by atoms with Crippen molar-refractivity contribution in [1.29, 1.82) is 0 Å². The molecule has 0 bridgehead atoms. The van der Waals surface area contributed by atoms with Gasteiger partial charge in [-0.3, -0.25) is 38.5 Å². The van der Waals surface area contributed by atoms with Gasteiger partial charge in [-0.1, -0.05) is 26.0 Å². The van der Waals surface area contributed by atoms with E-state index < -0.39 is 47.8 Å². The molecule has 1 fully saturated rings. The topological polar surface area (TPSA) is 271 Å². The Morgan fingerprint density at radius 1 is 0.780 bits per heavy atom. The molecule has 2 unspecified atom stereocenters. The number of urea groups is 1. The predicted octanol–water partition coefficient (Wildman–Crippen LogP) is -1.25. The minimum absolute atomic E-state index is 0.0492. The summed E-state index contributed by atoms with van der Waals surface area (Å²) in [4.78, 5) is 104. The van der Waals surface area contributed by atoms with Crippen LogP contribution in [0.1, 0.15) is 57.6 Å². The van der Waals surface area contributed by atoms with Gasteiger partial charge in [-0.15, -0.1) is 0 Å². The van der Waals surface area contributed by atoms with E-state index in [0.29, 0.717) is 50.3 Å². The number of primary amides is 1. The minimum Gasteiger partial charge on any atom is -0.379 e. The number of nitrogens with zero attached hydrogens (tertiary/aromatic N) is 3. The molecule has 0 aliphatic carbocycles. The Labute approximate surface area is 343 Å². The van der Waals surface area contributed by atoms with Crippen molar-refractivity contribution in [1.82, 2.24) is 36.0 Å². The molecule has 9 amide bonds. The van der Waals surface area contributed by atoms with Gasteiger partial charge in [0.1, 0.15) is 12.1 Å². The average molecular weight is 830 g/mol. The lowest BCUT2D eigenvalue weighted by Gasteiger charge is -2.33. The van der Waals surface area contributed by atoms with Gasteiger partial charge in [-0.2, -0.15) is 0 Å². The Hall–Kier alpha value is -5.44. The number of hydrogen-bond donors (Lipinski definition) is 7. The van der Waals surface area contributed by atoms with Crippen molar-refractivity contribution < 1.29 is 52.9 Å².